The van der Waals surface area contributed by atoms with Crippen LogP contribution in [0.25, 0.3) is 0 Å². The van der Waals surface area contributed by atoms with Gasteiger partial charge in [0.1, 0.15) is 11.9 Å². The van der Waals surface area contributed by atoms with E-state index >= 15 is 0 Å². The second-order valence-electron chi connectivity index (χ2n) is 11.1. The Morgan fingerprint density at radius 1 is 1.21 bits per heavy atom. The smallest absolute Gasteiger partial charge is 0.407 e. The number of rotatable bonds is 14. The molecule has 3 aliphatic rings. The van der Waals surface area contributed by atoms with Crippen molar-refractivity contribution in [2.75, 3.05) is 40.0 Å². The number of ether oxygens (including phenoxy) is 4. The molecule has 2 aromatic carbocycles. The Kier molecular flexibility index (Phi) is 11.0. The first-order chi connectivity index (χ1) is 20.9. The van der Waals surface area contributed by atoms with Crippen LogP contribution in [0.1, 0.15) is 24.8 Å². The predicted molar refractivity (Wildman–Crippen MR) is 163 cm³/mol. The summed E-state index contributed by atoms with van der Waals surface area (Å²) in [5, 5.41) is 14.6. The summed E-state index contributed by atoms with van der Waals surface area (Å²) in [4.78, 5) is 28.5. The topological polar surface area (TPSA) is 110 Å². The van der Waals surface area contributed by atoms with Crippen LogP contribution in [0, 0.1) is 5.92 Å². The van der Waals surface area contributed by atoms with Gasteiger partial charge < -0.3 is 34.3 Å². The highest BCUT2D eigenvalue weighted by Crippen LogP contribution is 2.33. The van der Waals surface area contributed by atoms with Crippen molar-refractivity contribution < 1.29 is 33.6 Å². The molecule has 43 heavy (non-hydrogen) atoms. The maximum absolute atomic E-state index is 13.1. The fourth-order valence-corrected chi connectivity index (χ4v) is 6.93. The lowest BCUT2D eigenvalue weighted by atomic mass is 10.0. The van der Waals surface area contributed by atoms with Gasteiger partial charge in [-0.25, -0.2) is 9.10 Å². The lowest BCUT2D eigenvalue weighted by Gasteiger charge is -2.33. The lowest BCUT2D eigenvalue weighted by molar-refractivity contribution is -0.128. The number of nitrogens with zero attached hydrogens (tertiary/aromatic N) is 2. The number of fused-ring (bicyclic) bond motifs is 1. The average Bonchev–Trinajstić information content (AvgIpc) is 3.72. The van der Waals surface area contributed by atoms with E-state index in [2.05, 4.69) is 16.2 Å². The number of likely N-dealkylation sites (tertiary alicyclic amines) is 1. The normalized spacial score (nSPS) is 24.5. The third-order valence-corrected chi connectivity index (χ3v) is 9.23. The number of aliphatic hydroxyl groups excluding tert-OH is 1. The van der Waals surface area contributed by atoms with Crippen LogP contribution < -0.4 is 10.1 Å². The summed E-state index contributed by atoms with van der Waals surface area (Å²) in [5.74, 6) is 0.882. The first kappa shape index (κ1) is 31.3. The van der Waals surface area contributed by atoms with Crippen LogP contribution >= 0.6 is 11.9 Å². The molecule has 3 fully saturated rings. The van der Waals surface area contributed by atoms with Gasteiger partial charge in [-0.05, 0) is 61.0 Å². The van der Waals surface area contributed by atoms with E-state index in [-0.39, 0.29) is 36.8 Å². The number of carbonyl (C=O) groups is 2. The van der Waals surface area contributed by atoms with E-state index in [1.54, 1.807) is 13.2 Å². The minimum absolute atomic E-state index is 0.0158. The standard InChI is InChI=1S/C32H41N3O7S/c1-3-16-35-23(9-14-30(35)37)19-34(43-25-12-10-24(39-2)11-13-25)20-28(36)27(18-22-7-5-4-6-8-22)33-32(38)42-29-21-41-31-26(29)15-17-40-31/h3-8,10-13,23,26-29,31,36H,1,9,14-21H2,2H3,(H,33,38). The second-order valence-corrected chi connectivity index (χ2v) is 12.3. The quantitative estimate of drug-likeness (QED) is 0.244. The number of amides is 2. The molecule has 3 aliphatic heterocycles. The molecule has 0 spiro atoms. The third-order valence-electron chi connectivity index (χ3n) is 8.19. The molecule has 0 saturated carbocycles. The van der Waals surface area contributed by atoms with Crippen molar-refractivity contribution in [1.82, 2.24) is 14.5 Å². The van der Waals surface area contributed by atoms with Crippen molar-refractivity contribution in [1.29, 1.82) is 0 Å². The fourth-order valence-electron chi connectivity index (χ4n) is 5.90. The largest absolute Gasteiger partial charge is 0.497 e. The Labute approximate surface area is 257 Å². The Bertz CT molecular complexity index is 1220. The number of alkyl carbamates (subject to hydrolysis) is 1. The maximum Gasteiger partial charge on any atom is 0.407 e. The number of benzene rings is 2. The van der Waals surface area contributed by atoms with Crippen LogP contribution in [0.3, 0.4) is 0 Å². The summed E-state index contributed by atoms with van der Waals surface area (Å²) in [5.41, 5.74) is 0.980. The SMILES string of the molecule is C=CCN1C(=O)CCC1CN(CC(O)C(Cc1ccccc1)NC(=O)OC1COC2OCCC12)Sc1ccc(OC)cc1. The van der Waals surface area contributed by atoms with Crippen molar-refractivity contribution in [3.05, 3.63) is 72.8 Å². The Morgan fingerprint density at radius 3 is 2.74 bits per heavy atom. The molecule has 6 atom stereocenters. The van der Waals surface area contributed by atoms with Gasteiger partial charge in [-0.1, -0.05) is 36.4 Å². The number of nitrogens with one attached hydrogen (secondary N) is 1. The van der Waals surface area contributed by atoms with Crippen LogP contribution in [-0.4, -0.2) is 96.9 Å². The number of carbonyl (C=O) groups excluding carboxylic acids is 2. The highest BCUT2D eigenvalue weighted by atomic mass is 32.2. The molecule has 6 unspecified atom stereocenters. The molecule has 2 aromatic rings. The molecule has 0 radical (unpaired) electrons. The molecule has 0 aromatic heterocycles. The van der Waals surface area contributed by atoms with E-state index in [1.165, 1.54) is 11.9 Å². The van der Waals surface area contributed by atoms with E-state index in [4.69, 9.17) is 18.9 Å². The zero-order chi connectivity index (χ0) is 30.2. The highest BCUT2D eigenvalue weighted by molar-refractivity contribution is 7.97. The van der Waals surface area contributed by atoms with Crippen LogP contribution in [-0.2, 0) is 25.4 Å². The zero-order valence-electron chi connectivity index (χ0n) is 24.5. The number of hydrogen-bond donors (Lipinski definition) is 2. The van der Waals surface area contributed by atoms with Crippen LogP contribution in [0.2, 0.25) is 0 Å². The van der Waals surface area contributed by atoms with Gasteiger partial charge in [-0.2, -0.15) is 0 Å². The van der Waals surface area contributed by atoms with E-state index in [0.717, 1.165) is 29.1 Å². The molecule has 0 aliphatic carbocycles. The summed E-state index contributed by atoms with van der Waals surface area (Å²) in [6.07, 6.45) is 1.92. The number of hydrogen-bond acceptors (Lipinski definition) is 9. The van der Waals surface area contributed by atoms with E-state index in [0.29, 0.717) is 39.1 Å². The molecule has 3 saturated heterocycles. The van der Waals surface area contributed by atoms with Crippen molar-refractivity contribution in [2.24, 2.45) is 5.92 Å². The third kappa shape index (κ3) is 8.30. The summed E-state index contributed by atoms with van der Waals surface area (Å²) in [6.45, 7) is 5.96. The predicted octanol–water partition coefficient (Wildman–Crippen LogP) is 3.64. The van der Waals surface area contributed by atoms with Gasteiger partial charge in [0.25, 0.3) is 0 Å². The first-order valence-electron chi connectivity index (χ1n) is 14.8. The second kappa shape index (κ2) is 15.1. The number of methoxy groups -OCH3 is 1. The molecular formula is C32H41N3O7S. The summed E-state index contributed by atoms with van der Waals surface area (Å²) < 4.78 is 24.3. The molecule has 11 heteroatoms. The molecule has 232 valence electrons. The van der Waals surface area contributed by atoms with Crippen molar-refractivity contribution in [2.45, 2.75) is 61.2 Å². The van der Waals surface area contributed by atoms with Gasteiger partial charge in [0.15, 0.2) is 6.29 Å². The van der Waals surface area contributed by atoms with Crippen molar-refractivity contribution in [3.63, 3.8) is 0 Å². The first-order valence-corrected chi connectivity index (χ1v) is 15.6. The molecule has 5 rings (SSSR count). The molecule has 2 amide bonds. The minimum atomic E-state index is -0.939. The fraction of sp³-hybridized carbons (Fsp3) is 0.500. The zero-order valence-corrected chi connectivity index (χ0v) is 25.3. The molecule has 3 heterocycles. The van der Waals surface area contributed by atoms with Gasteiger partial charge in [0, 0.05) is 37.0 Å². The molecule has 10 nitrogen and oxygen atoms in total. The number of aliphatic hydroxyl groups is 1. The van der Waals surface area contributed by atoms with Gasteiger partial charge >= 0.3 is 6.09 Å². The van der Waals surface area contributed by atoms with Crippen LogP contribution in [0.5, 0.6) is 5.75 Å². The summed E-state index contributed by atoms with van der Waals surface area (Å²) >= 11 is 1.50. The Balaban J connectivity index is 1.30. The maximum atomic E-state index is 13.1. The van der Waals surface area contributed by atoms with Gasteiger partial charge in [0.05, 0.1) is 38.4 Å². The van der Waals surface area contributed by atoms with Gasteiger partial charge in [-0.3, -0.25) is 4.79 Å². The van der Waals surface area contributed by atoms with Crippen LogP contribution in [0.4, 0.5) is 4.79 Å². The Hall–Kier alpha value is -3.09. The average molecular weight is 612 g/mol. The van der Waals surface area contributed by atoms with Gasteiger partial charge in [-0.15, -0.1) is 6.58 Å². The van der Waals surface area contributed by atoms with E-state index < -0.39 is 18.2 Å². The van der Waals surface area contributed by atoms with Gasteiger partial charge in [0.2, 0.25) is 5.91 Å². The van der Waals surface area contributed by atoms with E-state index in [1.807, 2.05) is 59.5 Å². The Morgan fingerprint density at radius 2 is 2.00 bits per heavy atom. The minimum Gasteiger partial charge on any atom is -0.497 e. The summed E-state index contributed by atoms with van der Waals surface area (Å²) in [6, 6.07) is 16.8. The lowest BCUT2D eigenvalue weighted by Crippen LogP contribution is -2.51. The van der Waals surface area contributed by atoms with Crippen molar-refractivity contribution >= 4 is 23.9 Å². The van der Waals surface area contributed by atoms with Crippen LogP contribution in [0.15, 0.2) is 72.1 Å². The highest BCUT2D eigenvalue weighted by Gasteiger charge is 2.44. The van der Waals surface area contributed by atoms with Crippen molar-refractivity contribution in [3.8, 4) is 5.75 Å². The molecule has 0 bridgehead atoms. The molecule has 2 N–H and O–H groups in total. The molecular weight excluding hydrogens is 570 g/mol. The van der Waals surface area contributed by atoms with E-state index in [9.17, 15) is 14.7 Å². The monoisotopic (exact) mass is 611 g/mol. The summed E-state index contributed by atoms with van der Waals surface area (Å²) in [7, 11) is 1.63.